The molecular formula is C26H28N4O. The first kappa shape index (κ1) is 20.8. The number of nitrogens with one attached hydrogen (secondary N) is 1. The second-order valence-corrected chi connectivity index (χ2v) is 8.17. The molecule has 0 spiro atoms. The zero-order valence-electron chi connectivity index (χ0n) is 18.6. The number of carbonyl (C=O) groups is 1. The van der Waals surface area contributed by atoms with Crippen LogP contribution in [0.5, 0.6) is 0 Å². The minimum atomic E-state index is -0.124. The Hall–Kier alpha value is -3.47. The van der Waals surface area contributed by atoms with Gasteiger partial charge < -0.3 is 5.32 Å². The van der Waals surface area contributed by atoms with E-state index in [1.165, 1.54) is 24.0 Å². The number of amides is 1. The lowest BCUT2D eigenvalue weighted by atomic mass is 10.1. The zero-order chi connectivity index (χ0) is 22.0. The highest BCUT2D eigenvalue weighted by atomic mass is 16.1. The Kier molecular flexibility index (Phi) is 5.85. The van der Waals surface area contributed by atoms with Crippen molar-refractivity contribution in [2.24, 2.45) is 0 Å². The Bertz CT molecular complexity index is 1240. The summed E-state index contributed by atoms with van der Waals surface area (Å²) >= 11 is 0. The second-order valence-electron chi connectivity index (χ2n) is 8.17. The molecule has 0 radical (unpaired) electrons. The Labute approximate surface area is 183 Å². The molecule has 31 heavy (non-hydrogen) atoms. The van der Waals surface area contributed by atoms with E-state index in [4.69, 9.17) is 0 Å². The summed E-state index contributed by atoms with van der Waals surface area (Å²) in [6, 6.07) is 18.0. The molecule has 5 heteroatoms. The lowest BCUT2D eigenvalue weighted by Crippen LogP contribution is -2.13. The number of anilines is 1. The normalized spacial score (nSPS) is 11.1. The van der Waals surface area contributed by atoms with E-state index >= 15 is 0 Å². The first-order chi connectivity index (χ1) is 14.9. The minimum absolute atomic E-state index is 0.124. The number of rotatable bonds is 6. The number of unbranched alkanes of at least 4 members (excludes halogenated alkanes) is 1. The van der Waals surface area contributed by atoms with E-state index in [1.54, 1.807) is 4.80 Å². The van der Waals surface area contributed by atoms with Crippen LogP contribution in [-0.4, -0.2) is 20.9 Å². The molecule has 1 amide bonds. The molecule has 5 nitrogen and oxygen atoms in total. The van der Waals surface area contributed by atoms with Crippen LogP contribution in [0.3, 0.4) is 0 Å². The van der Waals surface area contributed by atoms with Crippen molar-refractivity contribution in [3.63, 3.8) is 0 Å². The number of hydrogen-bond donors (Lipinski definition) is 1. The smallest absolute Gasteiger partial charge is 0.255 e. The summed E-state index contributed by atoms with van der Waals surface area (Å²) < 4.78 is 0. The molecule has 1 heterocycles. The first-order valence-electron chi connectivity index (χ1n) is 10.8. The highest BCUT2D eigenvalue weighted by Crippen LogP contribution is 2.23. The Morgan fingerprint density at radius 2 is 1.58 bits per heavy atom. The first-order valence-corrected chi connectivity index (χ1v) is 10.8. The Morgan fingerprint density at radius 3 is 2.26 bits per heavy atom. The van der Waals surface area contributed by atoms with E-state index in [0.29, 0.717) is 5.56 Å². The molecular weight excluding hydrogens is 384 g/mol. The standard InChI is InChI=1S/C26H28N4O/c1-5-6-7-20-9-12-22(13-10-20)30-28-24-15-19(4)23(16-25(24)29-30)27-26(31)21-11-8-17(2)18(3)14-21/h8-16H,5-7H2,1-4H3,(H,27,31). The van der Waals surface area contributed by atoms with Gasteiger partial charge in [-0.1, -0.05) is 31.5 Å². The van der Waals surface area contributed by atoms with Crippen LogP contribution in [0.25, 0.3) is 16.7 Å². The van der Waals surface area contributed by atoms with Crippen LogP contribution in [-0.2, 0) is 6.42 Å². The van der Waals surface area contributed by atoms with Gasteiger partial charge in [-0.05, 0) is 92.3 Å². The van der Waals surface area contributed by atoms with Gasteiger partial charge in [-0.15, -0.1) is 10.2 Å². The lowest BCUT2D eigenvalue weighted by Gasteiger charge is -2.09. The molecule has 0 fully saturated rings. The average Bonchev–Trinajstić information content (AvgIpc) is 3.17. The molecule has 0 aliphatic carbocycles. The summed E-state index contributed by atoms with van der Waals surface area (Å²) in [7, 11) is 0. The third-order valence-corrected chi connectivity index (χ3v) is 5.73. The van der Waals surface area contributed by atoms with Crippen molar-refractivity contribution in [1.29, 1.82) is 0 Å². The van der Waals surface area contributed by atoms with E-state index in [2.05, 4.69) is 46.7 Å². The number of nitrogens with zero attached hydrogens (tertiary/aromatic N) is 3. The van der Waals surface area contributed by atoms with E-state index in [9.17, 15) is 4.79 Å². The van der Waals surface area contributed by atoms with Crippen LogP contribution < -0.4 is 5.32 Å². The van der Waals surface area contributed by atoms with Gasteiger partial charge in [0.1, 0.15) is 11.0 Å². The summed E-state index contributed by atoms with van der Waals surface area (Å²) in [6.07, 6.45) is 3.48. The van der Waals surface area contributed by atoms with Crippen molar-refractivity contribution in [2.45, 2.75) is 47.0 Å². The predicted octanol–water partition coefficient (Wildman–Crippen LogP) is 5.94. The van der Waals surface area contributed by atoms with Crippen molar-refractivity contribution < 1.29 is 4.79 Å². The predicted molar refractivity (Wildman–Crippen MR) is 126 cm³/mol. The SMILES string of the molecule is CCCCc1ccc(-n2nc3cc(C)c(NC(=O)c4ccc(C)c(C)c4)cc3n2)cc1. The molecule has 0 aliphatic heterocycles. The van der Waals surface area contributed by atoms with Crippen LogP contribution in [0.15, 0.2) is 54.6 Å². The molecule has 1 aromatic heterocycles. The maximum Gasteiger partial charge on any atom is 0.255 e. The third kappa shape index (κ3) is 4.50. The number of aryl methyl sites for hydroxylation is 4. The van der Waals surface area contributed by atoms with Crippen LogP contribution in [0.2, 0.25) is 0 Å². The van der Waals surface area contributed by atoms with Gasteiger partial charge in [0.25, 0.3) is 5.91 Å². The van der Waals surface area contributed by atoms with Gasteiger partial charge in [-0.3, -0.25) is 4.79 Å². The maximum absolute atomic E-state index is 12.7. The third-order valence-electron chi connectivity index (χ3n) is 5.73. The second kappa shape index (κ2) is 8.72. The average molecular weight is 413 g/mol. The molecule has 0 saturated carbocycles. The fourth-order valence-electron chi connectivity index (χ4n) is 3.57. The van der Waals surface area contributed by atoms with Crippen LogP contribution in [0.1, 0.15) is 52.4 Å². The Morgan fingerprint density at radius 1 is 0.871 bits per heavy atom. The quantitative estimate of drug-likeness (QED) is 0.426. The van der Waals surface area contributed by atoms with E-state index in [1.807, 2.05) is 51.1 Å². The van der Waals surface area contributed by atoms with Crippen molar-refractivity contribution in [2.75, 3.05) is 5.32 Å². The van der Waals surface area contributed by atoms with Gasteiger partial charge in [0.05, 0.1) is 5.69 Å². The summed E-state index contributed by atoms with van der Waals surface area (Å²) in [5.41, 5.74) is 8.42. The molecule has 158 valence electrons. The molecule has 0 atom stereocenters. The van der Waals surface area contributed by atoms with Crippen molar-refractivity contribution >= 4 is 22.6 Å². The summed E-state index contributed by atoms with van der Waals surface area (Å²) in [5, 5.41) is 12.3. The number of hydrogen-bond acceptors (Lipinski definition) is 3. The number of aromatic nitrogens is 3. The molecule has 4 rings (SSSR count). The Balaban J connectivity index is 1.58. The number of benzene rings is 3. The fraction of sp³-hybridized carbons (Fsp3) is 0.269. The van der Waals surface area contributed by atoms with E-state index < -0.39 is 0 Å². The van der Waals surface area contributed by atoms with Gasteiger partial charge in [0.2, 0.25) is 0 Å². The summed E-state index contributed by atoms with van der Waals surface area (Å²) in [5.74, 6) is -0.124. The molecule has 0 unspecified atom stereocenters. The highest BCUT2D eigenvalue weighted by molar-refractivity contribution is 6.05. The van der Waals surface area contributed by atoms with Gasteiger partial charge in [-0.2, -0.15) is 4.80 Å². The summed E-state index contributed by atoms with van der Waals surface area (Å²) in [6.45, 7) is 8.22. The van der Waals surface area contributed by atoms with Crippen LogP contribution >= 0.6 is 0 Å². The molecule has 0 aliphatic rings. The van der Waals surface area contributed by atoms with Crippen molar-refractivity contribution in [3.05, 3.63) is 82.4 Å². The number of fused-ring (bicyclic) bond motifs is 1. The van der Waals surface area contributed by atoms with Gasteiger partial charge >= 0.3 is 0 Å². The minimum Gasteiger partial charge on any atom is -0.322 e. The topological polar surface area (TPSA) is 59.8 Å². The van der Waals surface area contributed by atoms with Gasteiger partial charge in [0, 0.05) is 11.3 Å². The largest absolute Gasteiger partial charge is 0.322 e. The molecule has 1 N–H and O–H groups in total. The van der Waals surface area contributed by atoms with Gasteiger partial charge in [-0.25, -0.2) is 0 Å². The van der Waals surface area contributed by atoms with Gasteiger partial charge in [0.15, 0.2) is 0 Å². The molecule has 3 aromatic carbocycles. The van der Waals surface area contributed by atoms with Crippen LogP contribution in [0.4, 0.5) is 5.69 Å². The number of carbonyl (C=O) groups excluding carboxylic acids is 1. The molecule has 4 aromatic rings. The van der Waals surface area contributed by atoms with E-state index in [0.717, 1.165) is 40.0 Å². The lowest BCUT2D eigenvalue weighted by molar-refractivity contribution is 0.102. The molecule has 0 bridgehead atoms. The molecule has 0 saturated heterocycles. The summed E-state index contributed by atoms with van der Waals surface area (Å²) in [4.78, 5) is 14.4. The fourth-order valence-corrected chi connectivity index (χ4v) is 3.57. The zero-order valence-corrected chi connectivity index (χ0v) is 18.6. The van der Waals surface area contributed by atoms with Crippen LogP contribution in [0, 0.1) is 20.8 Å². The van der Waals surface area contributed by atoms with Crippen molar-refractivity contribution in [3.8, 4) is 5.69 Å². The monoisotopic (exact) mass is 412 g/mol. The van der Waals surface area contributed by atoms with E-state index in [-0.39, 0.29) is 5.91 Å². The van der Waals surface area contributed by atoms with Crippen molar-refractivity contribution in [1.82, 2.24) is 15.0 Å². The maximum atomic E-state index is 12.7. The highest BCUT2D eigenvalue weighted by Gasteiger charge is 2.12.